The third-order valence-corrected chi connectivity index (χ3v) is 4.37. The van der Waals surface area contributed by atoms with E-state index in [1.54, 1.807) is 6.08 Å². The van der Waals surface area contributed by atoms with Crippen LogP contribution < -0.4 is 10.1 Å². The van der Waals surface area contributed by atoms with Crippen molar-refractivity contribution in [2.24, 2.45) is 0 Å². The fourth-order valence-electron chi connectivity index (χ4n) is 2.65. The van der Waals surface area contributed by atoms with Crippen LogP contribution in [-0.4, -0.2) is 25.1 Å². The number of hydrogen-bond donors (Lipinski definition) is 1. The molecule has 148 valence electrons. The highest BCUT2D eigenvalue weighted by atomic mass is 16.5. The quantitative estimate of drug-likeness (QED) is 0.551. The monoisotopic (exact) mass is 381 g/mol. The molecule has 0 aliphatic heterocycles. The molecule has 1 amide bonds. The maximum Gasteiger partial charge on any atom is 0.331 e. The van der Waals surface area contributed by atoms with Crippen LogP contribution in [0.15, 0.2) is 48.5 Å². The van der Waals surface area contributed by atoms with Gasteiger partial charge in [0.25, 0.3) is 5.91 Å². The molecule has 0 aliphatic rings. The number of ether oxygens (including phenoxy) is 2. The van der Waals surface area contributed by atoms with Crippen LogP contribution in [0.1, 0.15) is 42.1 Å². The molecule has 5 heteroatoms. The summed E-state index contributed by atoms with van der Waals surface area (Å²) in [5.74, 6) is -0.239. The number of aryl methyl sites for hydroxylation is 2. The number of para-hydroxylation sites is 1. The molecular weight excluding hydrogens is 354 g/mol. The molecule has 1 N–H and O–H groups in total. The van der Waals surface area contributed by atoms with Crippen LogP contribution in [0.5, 0.6) is 5.75 Å². The van der Waals surface area contributed by atoms with Crippen molar-refractivity contribution in [3.05, 3.63) is 70.8 Å². The third-order valence-electron chi connectivity index (χ3n) is 4.37. The minimum atomic E-state index is -0.583. The number of nitrogens with one attached hydrogen (secondary N) is 1. The highest BCUT2D eigenvalue weighted by Gasteiger charge is 2.12. The van der Waals surface area contributed by atoms with Crippen LogP contribution in [0.3, 0.4) is 0 Å². The predicted molar refractivity (Wildman–Crippen MR) is 110 cm³/mol. The SMILES string of the molecule is CCOc1ccccc1/C=C/C(=O)OCC(=O)NC(C)c1ccc(C)c(C)c1. The molecule has 2 aromatic carbocycles. The standard InChI is InChI=1S/C23H27NO4/c1-5-27-21-9-7-6-8-19(21)12-13-23(26)28-15-22(25)24-18(4)20-11-10-16(2)17(3)14-20/h6-14,18H,5,15H2,1-4H3,(H,24,25)/b13-12+. The average Bonchev–Trinajstić information content (AvgIpc) is 2.68. The second kappa shape index (κ2) is 10.3. The Labute approximate surface area is 166 Å². The van der Waals surface area contributed by atoms with Crippen LogP contribution in [0.25, 0.3) is 6.08 Å². The molecule has 1 unspecified atom stereocenters. The summed E-state index contributed by atoms with van der Waals surface area (Å²) in [6.07, 6.45) is 2.90. The summed E-state index contributed by atoms with van der Waals surface area (Å²) >= 11 is 0. The van der Waals surface area contributed by atoms with Gasteiger partial charge in [-0.15, -0.1) is 0 Å². The lowest BCUT2D eigenvalue weighted by atomic mass is 10.0. The van der Waals surface area contributed by atoms with Gasteiger partial charge in [-0.1, -0.05) is 36.4 Å². The van der Waals surface area contributed by atoms with Gasteiger partial charge in [0.15, 0.2) is 6.61 Å². The van der Waals surface area contributed by atoms with E-state index < -0.39 is 5.97 Å². The van der Waals surface area contributed by atoms with E-state index in [0.717, 1.165) is 11.1 Å². The first-order chi connectivity index (χ1) is 13.4. The number of amides is 1. The Morgan fingerprint density at radius 3 is 2.57 bits per heavy atom. The number of carbonyl (C=O) groups is 2. The Kier molecular flexibility index (Phi) is 7.81. The summed E-state index contributed by atoms with van der Waals surface area (Å²) in [4.78, 5) is 24.0. The topological polar surface area (TPSA) is 64.6 Å². The van der Waals surface area contributed by atoms with Crippen LogP contribution >= 0.6 is 0 Å². The smallest absolute Gasteiger partial charge is 0.331 e. The molecule has 0 saturated heterocycles. The highest BCUT2D eigenvalue weighted by Crippen LogP contribution is 2.19. The summed E-state index contributed by atoms with van der Waals surface area (Å²) in [7, 11) is 0. The Hall–Kier alpha value is -3.08. The van der Waals surface area contributed by atoms with E-state index >= 15 is 0 Å². The minimum absolute atomic E-state index is 0.167. The predicted octanol–water partition coefficient (Wildman–Crippen LogP) is 4.14. The van der Waals surface area contributed by atoms with Gasteiger partial charge >= 0.3 is 5.97 Å². The Morgan fingerprint density at radius 2 is 1.86 bits per heavy atom. The van der Waals surface area contributed by atoms with Crippen molar-refractivity contribution in [1.82, 2.24) is 5.32 Å². The summed E-state index contributed by atoms with van der Waals surface area (Å²) in [6.45, 7) is 8.08. The molecule has 0 saturated carbocycles. The fraction of sp³-hybridized carbons (Fsp3) is 0.304. The van der Waals surface area contributed by atoms with Crippen molar-refractivity contribution >= 4 is 18.0 Å². The Balaban J connectivity index is 1.85. The second-order valence-corrected chi connectivity index (χ2v) is 6.54. The fourth-order valence-corrected chi connectivity index (χ4v) is 2.65. The van der Waals surface area contributed by atoms with Gasteiger partial charge in [0.05, 0.1) is 12.6 Å². The molecule has 0 spiro atoms. The van der Waals surface area contributed by atoms with Crippen LogP contribution in [0, 0.1) is 13.8 Å². The molecule has 1 atom stereocenters. The Morgan fingerprint density at radius 1 is 1.11 bits per heavy atom. The van der Waals surface area contributed by atoms with Gasteiger partial charge in [-0.3, -0.25) is 4.79 Å². The van der Waals surface area contributed by atoms with E-state index in [9.17, 15) is 9.59 Å². The molecule has 0 aromatic heterocycles. The van der Waals surface area contributed by atoms with E-state index in [0.29, 0.717) is 12.4 Å². The van der Waals surface area contributed by atoms with Crippen molar-refractivity contribution in [3.63, 3.8) is 0 Å². The lowest BCUT2D eigenvalue weighted by Crippen LogP contribution is -2.31. The van der Waals surface area contributed by atoms with Crippen molar-refractivity contribution in [2.45, 2.75) is 33.7 Å². The minimum Gasteiger partial charge on any atom is -0.493 e. The molecule has 0 aliphatic carbocycles. The number of esters is 1. The van der Waals surface area contributed by atoms with E-state index in [2.05, 4.69) is 5.32 Å². The molecule has 0 radical (unpaired) electrons. The van der Waals surface area contributed by atoms with Crippen molar-refractivity contribution in [2.75, 3.05) is 13.2 Å². The van der Waals surface area contributed by atoms with Gasteiger partial charge in [0.2, 0.25) is 0 Å². The maximum atomic E-state index is 12.1. The number of benzene rings is 2. The van der Waals surface area contributed by atoms with Crippen LogP contribution in [0.2, 0.25) is 0 Å². The first-order valence-electron chi connectivity index (χ1n) is 9.34. The van der Waals surface area contributed by atoms with Crippen molar-refractivity contribution in [3.8, 4) is 5.75 Å². The molecule has 2 aromatic rings. The van der Waals surface area contributed by atoms with Gasteiger partial charge in [0, 0.05) is 11.6 Å². The highest BCUT2D eigenvalue weighted by molar-refractivity contribution is 5.89. The largest absolute Gasteiger partial charge is 0.493 e. The molecule has 0 heterocycles. The van der Waals surface area contributed by atoms with E-state index in [4.69, 9.17) is 9.47 Å². The van der Waals surface area contributed by atoms with Gasteiger partial charge in [-0.25, -0.2) is 4.79 Å². The Bertz CT molecular complexity index is 857. The van der Waals surface area contributed by atoms with Crippen molar-refractivity contribution < 1.29 is 19.1 Å². The van der Waals surface area contributed by atoms with Gasteiger partial charge in [-0.2, -0.15) is 0 Å². The summed E-state index contributed by atoms with van der Waals surface area (Å²) in [5.41, 5.74) is 4.15. The van der Waals surface area contributed by atoms with Crippen LogP contribution in [0.4, 0.5) is 0 Å². The van der Waals surface area contributed by atoms with E-state index in [-0.39, 0.29) is 18.6 Å². The molecule has 0 bridgehead atoms. The zero-order valence-corrected chi connectivity index (χ0v) is 16.8. The molecule has 28 heavy (non-hydrogen) atoms. The number of carbonyl (C=O) groups excluding carboxylic acids is 2. The van der Waals surface area contributed by atoms with Gasteiger partial charge < -0.3 is 14.8 Å². The zero-order chi connectivity index (χ0) is 20.5. The number of rotatable bonds is 8. The lowest BCUT2D eigenvalue weighted by Gasteiger charge is -2.15. The summed E-state index contributed by atoms with van der Waals surface area (Å²) in [5, 5.41) is 2.84. The zero-order valence-electron chi connectivity index (χ0n) is 16.8. The molecule has 2 rings (SSSR count). The lowest BCUT2D eigenvalue weighted by molar-refractivity contribution is -0.144. The third kappa shape index (κ3) is 6.27. The molecule has 5 nitrogen and oxygen atoms in total. The van der Waals surface area contributed by atoms with Gasteiger partial charge in [-0.05, 0) is 56.5 Å². The van der Waals surface area contributed by atoms with E-state index in [1.165, 1.54) is 17.2 Å². The normalized spacial score (nSPS) is 11.9. The summed E-state index contributed by atoms with van der Waals surface area (Å²) < 4.78 is 10.5. The second-order valence-electron chi connectivity index (χ2n) is 6.54. The molecular formula is C23H27NO4. The first kappa shape index (κ1) is 21.2. The van der Waals surface area contributed by atoms with Crippen LogP contribution in [-0.2, 0) is 14.3 Å². The first-order valence-corrected chi connectivity index (χ1v) is 9.34. The maximum absolute atomic E-state index is 12.1. The van der Waals surface area contributed by atoms with Gasteiger partial charge in [0.1, 0.15) is 5.75 Å². The molecule has 0 fully saturated rings. The van der Waals surface area contributed by atoms with E-state index in [1.807, 2.05) is 70.2 Å². The summed E-state index contributed by atoms with van der Waals surface area (Å²) in [6, 6.07) is 13.3. The number of hydrogen-bond acceptors (Lipinski definition) is 4. The van der Waals surface area contributed by atoms with Crippen molar-refractivity contribution in [1.29, 1.82) is 0 Å². The average molecular weight is 381 g/mol.